The van der Waals surface area contributed by atoms with Crippen LogP contribution in [-0.2, 0) is 4.79 Å². The van der Waals surface area contributed by atoms with Gasteiger partial charge in [0.1, 0.15) is 11.0 Å². The fourth-order valence-corrected chi connectivity index (χ4v) is 3.41. The highest BCUT2D eigenvalue weighted by molar-refractivity contribution is 8.00. The number of thioether (sulfide) groups is 1. The Balaban J connectivity index is 2.10. The smallest absolute Gasteiger partial charge is 0.239 e. The van der Waals surface area contributed by atoms with E-state index in [1.165, 1.54) is 11.8 Å². The van der Waals surface area contributed by atoms with E-state index in [9.17, 15) is 4.79 Å². The number of nitrogens with one attached hydrogen (secondary N) is 1. The Bertz CT molecular complexity index is 653. The first-order chi connectivity index (χ1) is 11.4. The van der Waals surface area contributed by atoms with Crippen molar-refractivity contribution < 1.29 is 9.53 Å². The minimum absolute atomic E-state index is 0.118. The van der Waals surface area contributed by atoms with Crippen LogP contribution in [0.25, 0.3) is 0 Å². The van der Waals surface area contributed by atoms with Crippen molar-refractivity contribution in [1.82, 2.24) is 0 Å². The molecular weight excluding hydrogens is 342 g/mol. The van der Waals surface area contributed by atoms with E-state index in [4.69, 9.17) is 16.3 Å². The molecule has 0 heterocycles. The third kappa shape index (κ3) is 5.46. The van der Waals surface area contributed by atoms with E-state index in [1.54, 1.807) is 0 Å². The molecule has 0 spiro atoms. The highest BCUT2D eigenvalue weighted by Crippen LogP contribution is 2.35. The molecule has 24 heavy (non-hydrogen) atoms. The van der Waals surface area contributed by atoms with Crippen LogP contribution in [0.1, 0.15) is 20.8 Å². The predicted molar refractivity (Wildman–Crippen MR) is 102 cm³/mol. The summed E-state index contributed by atoms with van der Waals surface area (Å²) in [4.78, 5) is 13.1. The molecule has 0 fully saturated rings. The zero-order valence-corrected chi connectivity index (χ0v) is 15.7. The molecule has 2 aromatic carbocycles. The standard InChI is InChI=1S/C19H22ClNO2S/c1-4-23-15-12-10-14(11-13-15)21-18(22)17(19(2,3)20)24-16-8-6-5-7-9-16/h5-13,17H,4H2,1-3H3,(H,21,22). The van der Waals surface area contributed by atoms with E-state index in [2.05, 4.69) is 5.32 Å². The average molecular weight is 364 g/mol. The summed E-state index contributed by atoms with van der Waals surface area (Å²) >= 11 is 7.94. The summed E-state index contributed by atoms with van der Waals surface area (Å²) in [5.74, 6) is 0.663. The van der Waals surface area contributed by atoms with Gasteiger partial charge in [-0.15, -0.1) is 23.4 Å². The van der Waals surface area contributed by atoms with E-state index in [0.717, 1.165) is 16.3 Å². The summed E-state index contributed by atoms with van der Waals surface area (Å²) < 4.78 is 5.41. The van der Waals surface area contributed by atoms with Gasteiger partial charge in [0.2, 0.25) is 5.91 Å². The van der Waals surface area contributed by atoms with E-state index in [1.807, 2.05) is 75.4 Å². The number of ether oxygens (including phenoxy) is 1. The molecule has 0 aliphatic heterocycles. The maximum atomic E-state index is 12.7. The van der Waals surface area contributed by atoms with E-state index in [0.29, 0.717) is 6.61 Å². The predicted octanol–water partition coefficient (Wildman–Crippen LogP) is 5.20. The van der Waals surface area contributed by atoms with Crippen LogP contribution in [0.2, 0.25) is 0 Å². The Hall–Kier alpha value is -1.65. The quantitative estimate of drug-likeness (QED) is 0.542. The number of rotatable bonds is 7. The molecule has 5 heteroatoms. The topological polar surface area (TPSA) is 38.3 Å². The van der Waals surface area contributed by atoms with E-state index >= 15 is 0 Å². The maximum Gasteiger partial charge on any atom is 0.239 e. The van der Waals surface area contributed by atoms with Gasteiger partial charge in [0.15, 0.2) is 0 Å². The van der Waals surface area contributed by atoms with Crippen molar-refractivity contribution in [2.45, 2.75) is 35.8 Å². The molecule has 128 valence electrons. The molecular formula is C19H22ClNO2S. The Morgan fingerprint density at radius 2 is 1.79 bits per heavy atom. The van der Waals surface area contributed by atoms with Gasteiger partial charge in [-0.25, -0.2) is 0 Å². The number of alkyl halides is 1. The lowest BCUT2D eigenvalue weighted by Gasteiger charge is -2.27. The van der Waals surface area contributed by atoms with Gasteiger partial charge in [0.05, 0.1) is 11.5 Å². The summed E-state index contributed by atoms with van der Waals surface area (Å²) in [5, 5.41) is 2.52. The molecule has 0 aromatic heterocycles. The zero-order valence-electron chi connectivity index (χ0n) is 14.1. The van der Waals surface area contributed by atoms with E-state index in [-0.39, 0.29) is 5.91 Å². The zero-order chi connectivity index (χ0) is 17.6. The van der Waals surface area contributed by atoms with Crippen molar-refractivity contribution in [3.05, 3.63) is 54.6 Å². The molecule has 0 aliphatic rings. The fourth-order valence-electron chi connectivity index (χ4n) is 2.15. The second-order valence-corrected chi connectivity index (χ2v) is 7.97. The van der Waals surface area contributed by atoms with Crippen molar-refractivity contribution in [1.29, 1.82) is 0 Å². The summed E-state index contributed by atoms with van der Waals surface area (Å²) in [6, 6.07) is 17.1. The SMILES string of the molecule is CCOc1ccc(NC(=O)C(Sc2ccccc2)C(C)(C)Cl)cc1. The molecule has 2 rings (SSSR count). The number of carbonyl (C=O) groups excluding carboxylic acids is 1. The Kier molecular flexibility index (Phi) is 6.58. The second kappa shape index (κ2) is 8.45. The minimum Gasteiger partial charge on any atom is -0.494 e. The first kappa shape index (κ1) is 18.7. The number of halogens is 1. The van der Waals surface area contributed by atoms with Gasteiger partial charge in [0.25, 0.3) is 0 Å². The summed E-state index contributed by atoms with van der Waals surface area (Å²) in [5.41, 5.74) is 0.725. The van der Waals surface area contributed by atoms with Crippen LogP contribution in [0.15, 0.2) is 59.5 Å². The van der Waals surface area contributed by atoms with Gasteiger partial charge in [-0.2, -0.15) is 0 Å². The highest BCUT2D eigenvalue weighted by atomic mass is 35.5. The molecule has 1 amide bonds. The molecule has 2 aromatic rings. The maximum absolute atomic E-state index is 12.7. The summed E-state index contributed by atoms with van der Waals surface area (Å²) in [6.07, 6.45) is 0. The number of carbonyl (C=O) groups is 1. The van der Waals surface area contributed by atoms with Crippen molar-refractivity contribution in [2.75, 3.05) is 11.9 Å². The van der Waals surface area contributed by atoms with Crippen LogP contribution in [0.3, 0.4) is 0 Å². The third-order valence-electron chi connectivity index (χ3n) is 3.29. The molecule has 0 aliphatic carbocycles. The Morgan fingerprint density at radius 3 is 2.33 bits per heavy atom. The summed E-state index contributed by atoms with van der Waals surface area (Å²) in [7, 11) is 0. The lowest BCUT2D eigenvalue weighted by Crippen LogP contribution is -2.38. The van der Waals surface area contributed by atoms with Gasteiger partial charge in [-0.1, -0.05) is 18.2 Å². The summed E-state index contributed by atoms with van der Waals surface area (Å²) in [6.45, 7) is 6.26. The number of hydrogen-bond donors (Lipinski definition) is 1. The van der Waals surface area contributed by atoms with Gasteiger partial charge in [-0.05, 0) is 57.2 Å². The highest BCUT2D eigenvalue weighted by Gasteiger charge is 2.34. The number of hydrogen-bond acceptors (Lipinski definition) is 3. The van der Waals surface area contributed by atoms with Crippen LogP contribution in [0.5, 0.6) is 5.75 Å². The van der Waals surface area contributed by atoms with Gasteiger partial charge in [0, 0.05) is 10.6 Å². The number of anilines is 1. The number of amides is 1. The van der Waals surface area contributed by atoms with E-state index < -0.39 is 10.1 Å². The Morgan fingerprint density at radius 1 is 1.17 bits per heavy atom. The molecule has 0 bridgehead atoms. The first-order valence-electron chi connectivity index (χ1n) is 7.84. The lowest BCUT2D eigenvalue weighted by molar-refractivity contribution is -0.116. The van der Waals surface area contributed by atoms with Gasteiger partial charge >= 0.3 is 0 Å². The average Bonchev–Trinajstić information content (AvgIpc) is 2.54. The normalized spacial score (nSPS) is 12.5. The Labute approximate surface area is 152 Å². The van der Waals surface area contributed by atoms with Crippen LogP contribution in [0.4, 0.5) is 5.69 Å². The number of benzene rings is 2. The largest absolute Gasteiger partial charge is 0.494 e. The van der Waals surface area contributed by atoms with Crippen molar-refractivity contribution >= 4 is 35.0 Å². The molecule has 0 radical (unpaired) electrons. The molecule has 1 unspecified atom stereocenters. The molecule has 0 saturated carbocycles. The minimum atomic E-state index is -0.685. The molecule has 1 atom stereocenters. The fraction of sp³-hybridized carbons (Fsp3) is 0.316. The second-order valence-electron chi connectivity index (χ2n) is 5.82. The van der Waals surface area contributed by atoms with Crippen LogP contribution < -0.4 is 10.1 Å². The van der Waals surface area contributed by atoms with Gasteiger partial charge < -0.3 is 10.1 Å². The van der Waals surface area contributed by atoms with Crippen LogP contribution >= 0.6 is 23.4 Å². The van der Waals surface area contributed by atoms with Crippen molar-refractivity contribution in [3.63, 3.8) is 0 Å². The molecule has 3 nitrogen and oxygen atoms in total. The van der Waals surface area contributed by atoms with Gasteiger partial charge in [-0.3, -0.25) is 4.79 Å². The van der Waals surface area contributed by atoms with Crippen LogP contribution in [0, 0.1) is 0 Å². The van der Waals surface area contributed by atoms with Crippen LogP contribution in [-0.4, -0.2) is 22.6 Å². The molecule has 0 saturated heterocycles. The first-order valence-corrected chi connectivity index (χ1v) is 9.10. The van der Waals surface area contributed by atoms with Crippen molar-refractivity contribution in [2.24, 2.45) is 0 Å². The van der Waals surface area contributed by atoms with Crippen molar-refractivity contribution in [3.8, 4) is 5.75 Å². The lowest BCUT2D eigenvalue weighted by atomic mass is 10.1. The third-order valence-corrected chi connectivity index (χ3v) is 5.22. The molecule has 1 N–H and O–H groups in total. The monoisotopic (exact) mass is 363 g/mol.